The first-order chi connectivity index (χ1) is 9.35. The summed E-state index contributed by atoms with van der Waals surface area (Å²) in [5.41, 5.74) is 0. The van der Waals surface area contributed by atoms with Gasteiger partial charge in [0.1, 0.15) is 0 Å². The number of carboxylic acid groups (broad SMARTS) is 2. The fourth-order valence-corrected chi connectivity index (χ4v) is 2.33. The average molecular weight is 286 g/mol. The first-order valence-electron chi connectivity index (χ1n) is 6.82. The fourth-order valence-electron chi connectivity index (χ4n) is 2.33. The SMILES string of the molecule is CCC(C)NC(=O)CN1CCC(C(=O)O)C(C(=O)O)C1. The molecule has 0 spiro atoms. The highest BCUT2D eigenvalue weighted by Crippen LogP contribution is 2.24. The summed E-state index contributed by atoms with van der Waals surface area (Å²) in [4.78, 5) is 35.6. The Morgan fingerprint density at radius 1 is 1.25 bits per heavy atom. The van der Waals surface area contributed by atoms with Crippen molar-refractivity contribution in [1.29, 1.82) is 0 Å². The maximum Gasteiger partial charge on any atom is 0.308 e. The van der Waals surface area contributed by atoms with Gasteiger partial charge in [-0.3, -0.25) is 19.3 Å². The molecule has 1 aliphatic heterocycles. The summed E-state index contributed by atoms with van der Waals surface area (Å²) >= 11 is 0. The zero-order valence-electron chi connectivity index (χ0n) is 11.8. The second-order valence-electron chi connectivity index (χ2n) is 5.29. The number of carboxylic acids is 2. The van der Waals surface area contributed by atoms with Crippen molar-refractivity contribution < 1.29 is 24.6 Å². The van der Waals surface area contributed by atoms with E-state index >= 15 is 0 Å². The number of aliphatic carboxylic acids is 2. The van der Waals surface area contributed by atoms with Gasteiger partial charge in [0.05, 0.1) is 18.4 Å². The molecule has 114 valence electrons. The van der Waals surface area contributed by atoms with Gasteiger partial charge in [0.25, 0.3) is 0 Å². The molecule has 0 radical (unpaired) electrons. The highest BCUT2D eigenvalue weighted by Gasteiger charge is 2.39. The molecule has 3 unspecified atom stereocenters. The van der Waals surface area contributed by atoms with Gasteiger partial charge in [0.15, 0.2) is 0 Å². The molecule has 0 saturated carbocycles. The van der Waals surface area contributed by atoms with E-state index in [1.54, 1.807) is 4.90 Å². The fraction of sp³-hybridized carbons (Fsp3) is 0.769. The summed E-state index contributed by atoms with van der Waals surface area (Å²) in [6.45, 7) is 4.49. The van der Waals surface area contributed by atoms with Gasteiger partial charge in [-0.2, -0.15) is 0 Å². The summed E-state index contributed by atoms with van der Waals surface area (Å²) in [5, 5.41) is 20.9. The Hall–Kier alpha value is -1.63. The lowest BCUT2D eigenvalue weighted by molar-refractivity contribution is -0.157. The van der Waals surface area contributed by atoms with Crippen molar-refractivity contribution in [3.05, 3.63) is 0 Å². The molecule has 3 atom stereocenters. The topological polar surface area (TPSA) is 107 Å². The molecule has 7 nitrogen and oxygen atoms in total. The summed E-state index contributed by atoms with van der Waals surface area (Å²) < 4.78 is 0. The maximum atomic E-state index is 11.8. The summed E-state index contributed by atoms with van der Waals surface area (Å²) in [6, 6.07) is 0.0781. The van der Waals surface area contributed by atoms with Gasteiger partial charge in [-0.1, -0.05) is 6.92 Å². The van der Waals surface area contributed by atoms with Crippen molar-refractivity contribution in [1.82, 2.24) is 10.2 Å². The van der Waals surface area contributed by atoms with E-state index in [1.165, 1.54) is 0 Å². The predicted octanol–water partition coefficient (Wildman–Crippen LogP) is 0.00840. The number of likely N-dealkylation sites (tertiary alicyclic amines) is 1. The molecule has 0 aromatic heterocycles. The van der Waals surface area contributed by atoms with E-state index in [4.69, 9.17) is 10.2 Å². The van der Waals surface area contributed by atoms with Crippen LogP contribution in [-0.4, -0.2) is 58.6 Å². The zero-order valence-corrected chi connectivity index (χ0v) is 11.8. The van der Waals surface area contributed by atoms with Crippen molar-refractivity contribution in [2.24, 2.45) is 11.8 Å². The van der Waals surface area contributed by atoms with Gasteiger partial charge in [-0.05, 0) is 26.3 Å². The zero-order chi connectivity index (χ0) is 15.3. The number of hydrogen-bond donors (Lipinski definition) is 3. The summed E-state index contributed by atoms with van der Waals surface area (Å²) in [7, 11) is 0. The Morgan fingerprint density at radius 3 is 2.35 bits per heavy atom. The van der Waals surface area contributed by atoms with Crippen LogP contribution in [0.3, 0.4) is 0 Å². The summed E-state index contributed by atoms with van der Waals surface area (Å²) in [5.74, 6) is -4.19. The Bertz CT molecular complexity index is 385. The molecule has 0 aromatic rings. The number of carbonyl (C=O) groups is 3. The number of nitrogens with one attached hydrogen (secondary N) is 1. The van der Waals surface area contributed by atoms with E-state index in [2.05, 4.69) is 5.32 Å². The van der Waals surface area contributed by atoms with Gasteiger partial charge in [-0.15, -0.1) is 0 Å². The normalized spacial score (nSPS) is 24.9. The minimum absolute atomic E-state index is 0.0781. The molecule has 1 heterocycles. The van der Waals surface area contributed by atoms with Gasteiger partial charge in [0.2, 0.25) is 5.91 Å². The molecular formula is C13H22N2O5. The van der Waals surface area contributed by atoms with Crippen LogP contribution in [0, 0.1) is 11.8 Å². The molecule has 1 amide bonds. The van der Waals surface area contributed by atoms with Crippen molar-refractivity contribution in [2.75, 3.05) is 19.6 Å². The van der Waals surface area contributed by atoms with Crippen LogP contribution in [0.2, 0.25) is 0 Å². The Balaban J connectivity index is 2.56. The molecular weight excluding hydrogens is 264 g/mol. The minimum Gasteiger partial charge on any atom is -0.481 e. The number of rotatable bonds is 6. The van der Waals surface area contributed by atoms with Crippen LogP contribution in [-0.2, 0) is 14.4 Å². The van der Waals surface area contributed by atoms with Crippen molar-refractivity contribution in [3.63, 3.8) is 0 Å². The first kappa shape index (κ1) is 16.4. The Labute approximate surface area is 117 Å². The lowest BCUT2D eigenvalue weighted by Crippen LogP contribution is -2.50. The van der Waals surface area contributed by atoms with Crippen molar-refractivity contribution in [3.8, 4) is 0 Å². The number of hydrogen-bond acceptors (Lipinski definition) is 4. The summed E-state index contributed by atoms with van der Waals surface area (Å²) in [6.07, 6.45) is 1.08. The number of carbonyl (C=O) groups excluding carboxylic acids is 1. The van der Waals surface area contributed by atoms with E-state index in [9.17, 15) is 14.4 Å². The number of nitrogens with zero attached hydrogens (tertiary/aromatic N) is 1. The van der Waals surface area contributed by atoms with Gasteiger partial charge >= 0.3 is 11.9 Å². The Morgan fingerprint density at radius 2 is 1.85 bits per heavy atom. The van der Waals surface area contributed by atoms with Crippen molar-refractivity contribution >= 4 is 17.8 Å². The molecule has 3 N–H and O–H groups in total. The van der Waals surface area contributed by atoms with Gasteiger partial charge in [0, 0.05) is 12.6 Å². The lowest BCUT2D eigenvalue weighted by atomic mass is 9.85. The van der Waals surface area contributed by atoms with Gasteiger partial charge < -0.3 is 15.5 Å². The van der Waals surface area contributed by atoms with Crippen LogP contribution >= 0.6 is 0 Å². The predicted molar refractivity (Wildman–Crippen MR) is 71.2 cm³/mol. The second kappa shape index (κ2) is 7.23. The van der Waals surface area contributed by atoms with Crippen LogP contribution in [0.5, 0.6) is 0 Å². The first-order valence-corrected chi connectivity index (χ1v) is 6.82. The van der Waals surface area contributed by atoms with E-state index in [1.807, 2.05) is 13.8 Å². The molecule has 1 rings (SSSR count). The standard InChI is InChI=1S/C13H22N2O5/c1-3-8(2)14-11(16)7-15-5-4-9(12(17)18)10(6-15)13(19)20/h8-10H,3-7H2,1-2H3,(H,14,16)(H,17,18)(H,19,20). The van der Waals surface area contributed by atoms with E-state index in [0.717, 1.165) is 6.42 Å². The van der Waals surface area contributed by atoms with E-state index < -0.39 is 23.8 Å². The highest BCUT2D eigenvalue weighted by molar-refractivity contribution is 5.81. The quantitative estimate of drug-likeness (QED) is 0.635. The number of amides is 1. The largest absolute Gasteiger partial charge is 0.481 e. The van der Waals surface area contributed by atoms with E-state index in [-0.39, 0.29) is 31.5 Å². The van der Waals surface area contributed by atoms with Crippen LogP contribution < -0.4 is 5.32 Å². The third-order valence-corrected chi connectivity index (χ3v) is 3.72. The van der Waals surface area contributed by atoms with Crippen LogP contribution in [0.1, 0.15) is 26.7 Å². The number of piperidine rings is 1. The van der Waals surface area contributed by atoms with E-state index in [0.29, 0.717) is 6.54 Å². The monoisotopic (exact) mass is 286 g/mol. The third kappa shape index (κ3) is 4.48. The minimum atomic E-state index is -1.12. The molecule has 1 aliphatic rings. The smallest absolute Gasteiger partial charge is 0.308 e. The van der Waals surface area contributed by atoms with Crippen LogP contribution in [0.25, 0.3) is 0 Å². The molecule has 1 saturated heterocycles. The molecule has 0 bridgehead atoms. The maximum absolute atomic E-state index is 11.8. The van der Waals surface area contributed by atoms with Crippen LogP contribution in [0.15, 0.2) is 0 Å². The molecule has 1 fully saturated rings. The van der Waals surface area contributed by atoms with Crippen molar-refractivity contribution in [2.45, 2.75) is 32.7 Å². The second-order valence-corrected chi connectivity index (χ2v) is 5.29. The highest BCUT2D eigenvalue weighted by atomic mass is 16.4. The average Bonchev–Trinajstić information content (AvgIpc) is 2.37. The third-order valence-electron chi connectivity index (χ3n) is 3.72. The molecule has 20 heavy (non-hydrogen) atoms. The molecule has 0 aliphatic carbocycles. The molecule has 7 heteroatoms. The van der Waals surface area contributed by atoms with Crippen LogP contribution in [0.4, 0.5) is 0 Å². The van der Waals surface area contributed by atoms with Gasteiger partial charge in [-0.25, -0.2) is 0 Å². The molecule has 0 aromatic carbocycles. The lowest BCUT2D eigenvalue weighted by Gasteiger charge is -2.34. The Kier molecular flexibility index (Phi) is 5.94.